The fourth-order valence-corrected chi connectivity index (χ4v) is 3.05. The third-order valence-electron chi connectivity index (χ3n) is 3.90. The van der Waals surface area contributed by atoms with Crippen LogP contribution in [-0.2, 0) is 16.0 Å². The summed E-state index contributed by atoms with van der Waals surface area (Å²) in [5, 5.41) is 6.49. The molecular formula is C16H20Cl2N2O2. The summed E-state index contributed by atoms with van der Waals surface area (Å²) in [6.45, 7) is 0.483. The van der Waals surface area contributed by atoms with Crippen molar-refractivity contribution in [1.82, 2.24) is 10.6 Å². The Bertz CT molecular complexity index is 543. The van der Waals surface area contributed by atoms with Gasteiger partial charge in [0, 0.05) is 12.5 Å². The van der Waals surface area contributed by atoms with Crippen molar-refractivity contribution >= 4 is 35.0 Å². The molecule has 1 aliphatic rings. The summed E-state index contributed by atoms with van der Waals surface area (Å²) in [6.07, 6.45) is 4.67. The third-order valence-corrected chi connectivity index (χ3v) is 4.76. The van der Waals surface area contributed by atoms with Crippen LogP contribution in [0.4, 0.5) is 0 Å². The summed E-state index contributed by atoms with van der Waals surface area (Å²) in [6, 6.07) is 5.43. The molecule has 120 valence electrons. The standard InChI is InChI=1S/C16H20Cl2N2O2/c17-13-7-3-6-11(15(13)18)8-9-19-14(21)10-20-16(22)12-4-1-2-5-12/h3,6-7,12H,1-2,4-5,8-10H2,(H,19,21)(H,20,22). The Labute approximate surface area is 140 Å². The van der Waals surface area contributed by atoms with Gasteiger partial charge < -0.3 is 10.6 Å². The highest BCUT2D eigenvalue weighted by molar-refractivity contribution is 6.42. The van der Waals surface area contributed by atoms with E-state index in [9.17, 15) is 9.59 Å². The van der Waals surface area contributed by atoms with Crippen LogP contribution in [-0.4, -0.2) is 24.9 Å². The predicted molar refractivity (Wildman–Crippen MR) is 88.1 cm³/mol. The van der Waals surface area contributed by atoms with Gasteiger partial charge in [-0.15, -0.1) is 0 Å². The van der Waals surface area contributed by atoms with E-state index in [4.69, 9.17) is 23.2 Å². The maximum absolute atomic E-state index is 11.8. The van der Waals surface area contributed by atoms with E-state index in [1.165, 1.54) is 0 Å². The van der Waals surface area contributed by atoms with Crippen LogP contribution in [0, 0.1) is 5.92 Å². The topological polar surface area (TPSA) is 58.2 Å². The van der Waals surface area contributed by atoms with Gasteiger partial charge in [0.05, 0.1) is 16.6 Å². The zero-order chi connectivity index (χ0) is 15.9. The van der Waals surface area contributed by atoms with Gasteiger partial charge in [-0.25, -0.2) is 0 Å². The molecule has 0 aliphatic heterocycles. The molecule has 0 radical (unpaired) electrons. The molecule has 2 N–H and O–H groups in total. The molecule has 4 nitrogen and oxygen atoms in total. The lowest BCUT2D eigenvalue weighted by Gasteiger charge is -2.11. The number of halogens is 2. The Morgan fingerprint density at radius 2 is 1.86 bits per heavy atom. The van der Waals surface area contributed by atoms with Crippen molar-refractivity contribution < 1.29 is 9.59 Å². The van der Waals surface area contributed by atoms with Crippen LogP contribution in [0.3, 0.4) is 0 Å². The summed E-state index contributed by atoms with van der Waals surface area (Å²) in [5.74, 6) is -0.117. The maximum atomic E-state index is 11.8. The monoisotopic (exact) mass is 342 g/mol. The van der Waals surface area contributed by atoms with Gasteiger partial charge >= 0.3 is 0 Å². The lowest BCUT2D eigenvalue weighted by molar-refractivity contribution is -0.128. The molecule has 1 fully saturated rings. The Kier molecular flexibility index (Phi) is 6.52. The smallest absolute Gasteiger partial charge is 0.239 e. The van der Waals surface area contributed by atoms with Crippen LogP contribution < -0.4 is 10.6 Å². The van der Waals surface area contributed by atoms with Crippen molar-refractivity contribution in [3.05, 3.63) is 33.8 Å². The van der Waals surface area contributed by atoms with Crippen molar-refractivity contribution in [3.63, 3.8) is 0 Å². The second-order valence-electron chi connectivity index (χ2n) is 5.51. The van der Waals surface area contributed by atoms with Crippen LogP contribution in [0.5, 0.6) is 0 Å². The largest absolute Gasteiger partial charge is 0.354 e. The molecule has 0 spiro atoms. The fourth-order valence-electron chi connectivity index (χ4n) is 2.64. The minimum absolute atomic E-state index is 0.00876. The van der Waals surface area contributed by atoms with E-state index in [-0.39, 0.29) is 24.3 Å². The molecule has 0 heterocycles. The van der Waals surface area contributed by atoms with E-state index in [0.29, 0.717) is 23.0 Å². The first kappa shape index (κ1) is 17.1. The van der Waals surface area contributed by atoms with Gasteiger partial charge in [-0.05, 0) is 30.9 Å². The quantitative estimate of drug-likeness (QED) is 0.834. The number of hydrogen-bond donors (Lipinski definition) is 2. The molecule has 0 unspecified atom stereocenters. The molecule has 2 rings (SSSR count). The second-order valence-corrected chi connectivity index (χ2v) is 6.30. The maximum Gasteiger partial charge on any atom is 0.239 e. The summed E-state index contributed by atoms with van der Waals surface area (Å²) < 4.78 is 0. The molecular weight excluding hydrogens is 323 g/mol. The van der Waals surface area contributed by atoms with Gasteiger partial charge in [0.1, 0.15) is 0 Å². The first-order valence-corrected chi connectivity index (χ1v) is 8.31. The van der Waals surface area contributed by atoms with Crippen molar-refractivity contribution in [2.24, 2.45) is 5.92 Å². The minimum Gasteiger partial charge on any atom is -0.354 e. The lowest BCUT2D eigenvalue weighted by Crippen LogP contribution is -2.39. The molecule has 6 heteroatoms. The summed E-state index contributed by atoms with van der Waals surface area (Å²) in [5.41, 5.74) is 0.893. The van der Waals surface area contributed by atoms with Crippen LogP contribution in [0.2, 0.25) is 10.0 Å². The van der Waals surface area contributed by atoms with E-state index in [2.05, 4.69) is 10.6 Å². The fraction of sp³-hybridized carbons (Fsp3) is 0.500. The number of hydrogen-bond acceptors (Lipinski definition) is 2. The Balaban J connectivity index is 1.67. The van der Waals surface area contributed by atoms with Crippen molar-refractivity contribution in [2.45, 2.75) is 32.1 Å². The van der Waals surface area contributed by atoms with E-state index in [1.54, 1.807) is 6.07 Å². The van der Waals surface area contributed by atoms with Gasteiger partial charge in [0.2, 0.25) is 11.8 Å². The number of nitrogens with one attached hydrogen (secondary N) is 2. The van der Waals surface area contributed by atoms with Crippen LogP contribution in [0.15, 0.2) is 18.2 Å². The Morgan fingerprint density at radius 1 is 1.14 bits per heavy atom. The van der Waals surface area contributed by atoms with E-state index < -0.39 is 0 Å². The van der Waals surface area contributed by atoms with Crippen molar-refractivity contribution in [2.75, 3.05) is 13.1 Å². The van der Waals surface area contributed by atoms with Gasteiger partial charge in [0.15, 0.2) is 0 Å². The first-order chi connectivity index (χ1) is 10.6. The molecule has 0 saturated heterocycles. The lowest BCUT2D eigenvalue weighted by atomic mass is 10.1. The van der Waals surface area contributed by atoms with E-state index in [0.717, 1.165) is 31.2 Å². The second kappa shape index (κ2) is 8.39. The average molecular weight is 343 g/mol. The molecule has 1 saturated carbocycles. The highest BCUT2D eigenvalue weighted by Crippen LogP contribution is 2.25. The van der Waals surface area contributed by atoms with Crippen molar-refractivity contribution in [1.29, 1.82) is 0 Å². The predicted octanol–water partition coefficient (Wildman–Crippen LogP) is 2.96. The van der Waals surface area contributed by atoms with Crippen LogP contribution >= 0.6 is 23.2 Å². The summed E-state index contributed by atoms with van der Waals surface area (Å²) in [7, 11) is 0. The highest BCUT2D eigenvalue weighted by atomic mass is 35.5. The molecule has 0 atom stereocenters. The highest BCUT2D eigenvalue weighted by Gasteiger charge is 2.22. The van der Waals surface area contributed by atoms with Crippen LogP contribution in [0.1, 0.15) is 31.2 Å². The number of amides is 2. The summed E-state index contributed by atoms with van der Waals surface area (Å²) in [4.78, 5) is 23.5. The summed E-state index contributed by atoms with van der Waals surface area (Å²) >= 11 is 12.0. The molecule has 1 aromatic carbocycles. The number of carbonyl (C=O) groups excluding carboxylic acids is 2. The molecule has 2 amide bonds. The molecule has 0 aromatic heterocycles. The van der Waals surface area contributed by atoms with Gasteiger partial charge in [-0.3, -0.25) is 9.59 Å². The Hall–Kier alpha value is -1.26. The number of benzene rings is 1. The molecule has 1 aliphatic carbocycles. The van der Waals surface area contributed by atoms with Gasteiger partial charge in [-0.1, -0.05) is 48.2 Å². The zero-order valence-electron chi connectivity index (χ0n) is 12.3. The number of rotatable bonds is 6. The Morgan fingerprint density at radius 3 is 2.59 bits per heavy atom. The zero-order valence-corrected chi connectivity index (χ0v) is 13.8. The van der Waals surface area contributed by atoms with Gasteiger partial charge in [0.25, 0.3) is 0 Å². The third kappa shape index (κ3) is 4.89. The minimum atomic E-state index is -0.190. The first-order valence-electron chi connectivity index (χ1n) is 7.55. The van der Waals surface area contributed by atoms with E-state index >= 15 is 0 Å². The van der Waals surface area contributed by atoms with Crippen LogP contribution in [0.25, 0.3) is 0 Å². The molecule has 22 heavy (non-hydrogen) atoms. The molecule has 0 bridgehead atoms. The SMILES string of the molecule is O=C(CNC(=O)C1CCCC1)NCCc1cccc(Cl)c1Cl. The number of carbonyl (C=O) groups is 2. The van der Waals surface area contributed by atoms with Gasteiger partial charge in [-0.2, -0.15) is 0 Å². The van der Waals surface area contributed by atoms with E-state index in [1.807, 2.05) is 12.1 Å². The average Bonchev–Trinajstić information content (AvgIpc) is 3.03. The van der Waals surface area contributed by atoms with Crippen molar-refractivity contribution in [3.8, 4) is 0 Å². The molecule has 1 aromatic rings. The normalized spacial score (nSPS) is 14.8.